The largest absolute Gasteiger partial charge is 0.438 e. The molecular weight excluding hydrogens is 401 g/mol. The number of carbonyl (C=O) groups excluding carboxylic acids is 1. The van der Waals surface area contributed by atoms with Crippen molar-refractivity contribution in [3.63, 3.8) is 0 Å². The summed E-state index contributed by atoms with van der Waals surface area (Å²) in [6, 6.07) is 8.09. The second kappa shape index (κ2) is 9.88. The summed E-state index contributed by atoms with van der Waals surface area (Å²) in [6.07, 6.45) is -2.17. The Morgan fingerprint density at radius 2 is 1.87 bits per heavy atom. The number of hydrogen-bond acceptors (Lipinski definition) is 5. The van der Waals surface area contributed by atoms with Crippen molar-refractivity contribution in [3.8, 4) is 22.9 Å². The zero-order valence-electron chi connectivity index (χ0n) is 16.3. The Labute approximate surface area is 170 Å². The molecule has 10 heteroatoms. The Hall–Kier alpha value is -3.40. The van der Waals surface area contributed by atoms with Crippen LogP contribution in [0.2, 0.25) is 0 Å². The molecule has 0 atom stereocenters. The molecule has 0 aliphatic rings. The third kappa shape index (κ3) is 5.80. The van der Waals surface area contributed by atoms with E-state index in [4.69, 9.17) is 14.6 Å². The summed E-state index contributed by atoms with van der Waals surface area (Å²) in [5.74, 6) is 0.467. The van der Waals surface area contributed by atoms with Gasteiger partial charge in [-0.05, 0) is 55.3 Å². The van der Waals surface area contributed by atoms with Gasteiger partial charge in [-0.25, -0.2) is 4.98 Å². The van der Waals surface area contributed by atoms with Crippen molar-refractivity contribution in [1.29, 1.82) is 0 Å². The molecule has 0 aliphatic heterocycles. The molecule has 0 bridgehead atoms. The van der Waals surface area contributed by atoms with E-state index in [0.29, 0.717) is 17.7 Å². The lowest BCUT2D eigenvalue weighted by atomic mass is 10.1. The summed E-state index contributed by atoms with van der Waals surface area (Å²) in [5.41, 5.74) is 6.38. The number of carbonyl (C=O) groups is 1. The number of pyridine rings is 1. The molecule has 2 aromatic heterocycles. The average Bonchev–Trinajstić information content (AvgIpc) is 3.02. The van der Waals surface area contributed by atoms with Crippen molar-refractivity contribution >= 4 is 6.41 Å². The lowest BCUT2D eigenvalue weighted by molar-refractivity contribution is -0.137. The predicted molar refractivity (Wildman–Crippen MR) is 104 cm³/mol. The number of amides is 1. The molecule has 7 nitrogen and oxygen atoms in total. The molecule has 0 unspecified atom stereocenters. The van der Waals surface area contributed by atoms with E-state index in [0.717, 1.165) is 23.4 Å². The Kier molecular flexibility index (Phi) is 7.54. The lowest BCUT2D eigenvalue weighted by Gasteiger charge is -2.11. The van der Waals surface area contributed by atoms with Crippen molar-refractivity contribution in [3.05, 3.63) is 59.4 Å². The molecule has 1 aromatic carbocycles. The highest BCUT2D eigenvalue weighted by atomic mass is 19.4. The van der Waals surface area contributed by atoms with Crippen molar-refractivity contribution in [2.24, 2.45) is 12.8 Å². The topological polar surface area (TPSA) is 103 Å². The van der Waals surface area contributed by atoms with Crippen LogP contribution in [-0.4, -0.2) is 32.9 Å². The zero-order valence-corrected chi connectivity index (χ0v) is 16.3. The second-order valence-corrected chi connectivity index (χ2v) is 6.22. The van der Waals surface area contributed by atoms with Gasteiger partial charge in [0.25, 0.3) is 0 Å². The maximum Gasteiger partial charge on any atom is 0.416 e. The van der Waals surface area contributed by atoms with Crippen molar-refractivity contribution in [2.45, 2.75) is 19.5 Å². The number of hydrogen-bond donors (Lipinski definition) is 2. The normalized spacial score (nSPS) is 10.9. The van der Waals surface area contributed by atoms with Crippen LogP contribution in [0.3, 0.4) is 0 Å². The minimum Gasteiger partial charge on any atom is -0.438 e. The van der Waals surface area contributed by atoms with Gasteiger partial charge in [0.2, 0.25) is 12.3 Å². The summed E-state index contributed by atoms with van der Waals surface area (Å²) in [4.78, 5) is 12.9. The van der Waals surface area contributed by atoms with Crippen molar-refractivity contribution in [1.82, 2.24) is 14.8 Å². The van der Waals surface area contributed by atoms with E-state index >= 15 is 0 Å². The summed E-state index contributed by atoms with van der Waals surface area (Å²) in [7, 11) is 1.81. The molecular formula is C20H21F3N4O3. The number of alkyl halides is 3. The van der Waals surface area contributed by atoms with Gasteiger partial charge in [0.15, 0.2) is 0 Å². The number of rotatable bonds is 5. The third-order valence-corrected chi connectivity index (χ3v) is 4.09. The molecule has 0 saturated heterocycles. The molecule has 0 fully saturated rings. The third-order valence-electron chi connectivity index (χ3n) is 4.09. The Balaban J connectivity index is 0.00000101. The van der Waals surface area contributed by atoms with E-state index in [-0.39, 0.29) is 24.6 Å². The van der Waals surface area contributed by atoms with Gasteiger partial charge < -0.3 is 15.6 Å². The molecule has 160 valence electrons. The summed E-state index contributed by atoms with van der Waals surface area (Å²) in [6.45, 7) is 1.87. The fourth-order valence-electron chi connectivity index (χ4n) is 2.54. The fourth-order valence-corrected chi connectivity index (χ4v) is 2.54. The number of aliphatic hydroxyl groups is 1. The number of aromatic nitrogens is 3. The maximum absolute atomic E-state index is 12.7. The Morgan fingerprint density at radius 3 is 2.37 bits per heavy atom. The number of ether oxygens (including phenoxy) is 1. The van der Waals surface area contributed by atoms with Gasteiger partial charge in [0, 0.05) is 25.5 Å². The number of nitrogens with zero attached hydrogens (tertiary/aromatic N) is 3. The number of nitrogens with two attached hydrogens (primary N) is 1. The maximum atomic E-state index is 12.7. The zero-order chi connectivity index (χ0) is 22.3. The molecule has 3 rings (SSSR count). The number of primary amides is 1. The van der Waals surface area contributed by atoms with Crippen LogP contribution in [0.4, 0.5) is 13.2 Å². The first-order valence-electron chi connectivity index (χ1n) is 8.80. The van der Waals surface area contributed by atoms with E-state index in [2.05, 4.69) is 15.8 Å². The van der Waals surface area contributed by atoms with Crippen LogP contribution in [0.5, 0.6) is 11.6 Å². The monoisotopic (exact) mass is 422 g/mol. The molecule has 0 spiro atoms. The fraction of sp³-hybridized carbons (Fsp3) is 0.250. The summed E-state index contributed by atoms with van der Waals surface area (Å²) >= 11 is 0. The van der Waals surface area contributed by atoms with E-state index in [1.165, 1.54) is 12.1 Å². The highest BCUT2D eigenvalue weighted by Gasteiger charge is 2.30. The van der Waals surface area contributed by atoms with Gasteiger partial charge in [-0.2, -0.15) is 18.3 Å². The van der Waals surface area contributed by atoms with Crippen LogP contribution < -0.4 is 10.5 Å². The number of benzene rings is 1. The first kappa shape index (κ1) is 22.9. The first-order valence-corrected chi connectivity index (χ1v) is 8.80. The first-order chi connectivity index (χ1) is 14.2. The smallest absolute Gasteiger partial charge is 0.416 e. The van der Waals surface area contributed by atoms with Gasteiger partial charge >= 0.3 is 6.18 Å². The van der Waals surface area contributed by atoms with E-state index in [1.54, 1.807) is 17.9 Å². The van der Waals surface area contributed by atoms with Gasteiger partial charge in [-0.1, -0.05) is 0 Å². The highest BCUT2D eigenvalue weighted by Crippen LogP contribution is 2.34. The van der Waals surface area contributed by atoms with Gasteiger partial charge in [0.05, 0.1) is 16.8 Å². The molecule has 30 heavy (non-hydrogen) atoms. The molecule has 3 aromatic rings. The Bertz CT molecular complexity index is 966. The minimum absolute atomic E-state index is 0.0263. The second-order valence-electron chi connectivity index (χ2n) is 6.22. The SMILES string of the molecule is Cc1cc(-c2cc(CCO)cnc2Oc2ccc(C(F)(F)F)cc2)nn1C.NC=O. The predicted octanol–water partition coefficient (Wildman–Crippen LogP) is 3.24. The van der Waals surface area contributed by atoms with Crippen LogP contribution in [0.1, 0.15) is 16.8 Å². The van der Waals surface area contributed by atoms with Gasteiger partial charge in [-0.15, -0.1) is 0 Å². The van der Waals surface area contributed by atoms with Crippen molar-refractivity contribution in [2.75, 3.05) is 6.61 Å². The summed E-state index contributed by atoms with van der Waals surface area (Å²) < 4.78 is 45.5. The molecule has 2 heterocycles. The molecule has 0 radical (unpaired) electrons. The van der Waals surface area contributed by atoms with E-state index < -0.39 is 11.7 Å². The number of aryl methyl sites for hydroxylation is 2. The van der Waals surface area contributed by atoms with Crippen LogP contribution >= 0.6 is 0 Å². The average molecular weight is 422 g/mol. The number of halogens is 3. The molecule has 0 aliphatic carbocycles. The molecule has 3 N–H and O–H groups in total. The Morgan fingerprint density at radius 1 is 1.23 bits per heavy atom. The number of aliphatic hydroxyl groups excluding tert-OH is 1. The van der Waals surface area contributed by atoms with E-state index in [9.17, 15) is 13.2 Å². The quantitative estimate of drug-likeness (QED) is 0.615. The minimum atomic E-state index is -4.40. The van der Waals surface area contributed by atoms with Gasteiger partial charge in [0.1, 0.15) is 5.75 Å². The molecule has 1 amide bonds. The van der Waals surface area contributed by atoms with Crippen LogP contribution in [0.15, 0.2) is 42.6 Å². The standard InChI is InChI=1S/C19H18F3N3O2.CH3NO/c1-12-9-17(24-25(12)2)16-10-13(7-8-26)11-23-18(16)27-15-5-3-14(4-6-15)19(20,21)22;2-1-3/h3-6,9-11,26H,7-8H2,1-2H3;1H,(H2,2,3). The summed E-state index contributed by atoms with van der Waals surface area (Å²) in [5, 5.41) is 13.6. The van der Waals surface area contributed by atoms with Crippen LogP contribution in [0, 0.1) is 6.92 Å². The highest BCUT2D eigenvalue weighted by molar-refractivity contribution is 5.66. The lowest BCUT2D eigenvalue weighted by Crippen LogP contribution is -2.04. The molecule has 0 saturated carbocycles. The van der Waals surface area contributed by atoms with Crippen LogP contribution in [-0.2, 0) is 24.4 Å². The van der Waals surface area contributed by atoms with E-state index in [1.807, 2.05) is 19.1 Å². The van der Waals surface area contributed by atoms with Crippen molar-refractivity contribution < 1.29 is 27.8 Å². The van der Waals surface area contributed by atoms with Crippen LogP contribution in [0.25, 0.3) is 11.3 Å². The van der Waals surface area contributed by atoms with Gasteiger partial charge in [-0.3, -0.25) is 9.48 Å².